The molecule has 2 saturated heterocycles. The lowest BCUT2D eigenvalue weighted by Gasteiger charge is -2.38. The van der Waals surface area contributed by atoms with Gasteiger partial charge < -0.3 is 25.2 Å². The van der Waals surface area contributed by atoms with Crippen LogP contribution in [-0.4, -0.2) is 78.0 Å². The van der Waals surface area contributed by atoms with E-state index in [2.05, 4.69) is 43.4 Å². The second kappa shape index (κ2) is 12.6. The van der Waals surface area contributed by atoms with E-state index in [-0.39, 0.29) is 22.9 Å². The number of hydrogen-bond acceptors (Lipinski definition) is 5. The van der Waals surface area contributed by atoms with Crippen LogP contribution in [0.15, 0.2) is 30.4 Å². The Balaban J connectivity index is 1.39. The predicted molar refractivity (Wildman–Crippen MR) is 160 cm³/mol. The number of nitrogens with one attached hydrogen (secondary N) is 2. The van der Waals surface area contributed by atoms with Gasteiger partial charge in [0.05, 0.1) is 23.0 Å². The number of carbonyl (C=O) groups is 3. The van der Waals surface area contributed by atoms with Gasteiger partial charge in [-0.25, -0.2) is 4.39 Å². The van der Waals surface area contributed by atoms with Crippen molar-refractivity contribution in [2.75, 3.05) is 32.0 Å². The number of unbranched alkanes of at least 4 members (excludes halogenated alkanes) is 1. The molecule has 5 rings (SSSR count). The third-order valence-corrected chi connectivity index (χ3v) is 10.3. The molecule has 3 fully saturated rings. The lowest BCUT2D eigenvalue weighted by Crippen LogP contribution is -2.58. The summed E-state index contributed by atoms with van der Waals surface area (Å²) in [5.74, 6) is -2.28. The van der Waals surface area contributed by atoms with Crippen molar-refractivity contribution >= 4 is 35.0 Å². The van der Waals surface area contributed by atoms with Crippen molar-refractivity contribution in [2.45, 2.75) is 83.1 Å². The molecule has 0 aromatic heterocycles. The number of fused-ring (bicyclic) bond motifs is 1. The van der Waals surface area contributed by atoms with E-state index in [0.29, 0.717) is 30.5 Å². The van der Waals surface area contributed by atoms with E-state index < -0.39 is 41.3 Å². The Kier molecular flexibility index (Phi) is 9.30. The Bertz CT molecular complexity index is 1230. The van der Waals surface area contributed by atoms with Crippen molar-refractivity contribution in [3.63, 3.8) is 0 Å². The third-order valence-electron chi connectivity index (χ3n) is 9.98. The molecule has 4 aliphatic rings. The summed E-state index contributed by atoms with van der Waals surface area (Å²) in [7, 11) is 2.07. The van der Waals surface area contributed by atoms with Gasteiger partial charge in [0.15, 0.2) is 0 Å². The van der Waals surface area contributed by atoms with Crippen LogP contribution in [0, 0.1) is 29.5 Å². The number of benzene rings is 1. The number of nitrogens with zero attached hydrogens (tertiary/aromatic N) is 2. The highest BCUT2D eigenvalue weighted by Gasteiger charge is 2.72. The number of likely N-dealkylation sites (tertiary alicyclic amines) is 1. The first-order chi connectivity index (χ1) is 20.1. The van der Waals surface area contributed by atoms with Crippen LogP contribution < -0.4 is 10.6 Å². The second-order valence-corrected chi connectivity index (χ2v) is 13.2. The fourth-order valence-electron chi connectivity index (χ4n) is 7.41. The van der Waals surface area contributed by atoms with Crippen molar-refractivity contribution < 1.29 is 23.5 Å². The van der Waals surface area contributed by atoms with E-state index >= 15 is 0 Å². The maximum Gasteiger partial charge on any atom is 0.246 e. The summed E-state index contributed by atoms with van der Waals surface area (Å²) >= 11 is 5.93. The molecule has 1 saturated carbocycles. The molecule has 6 unspecified atom stereocenters. The molecule has 1 aliphatic carbocycles. The minimum Gasteiger partial charge on any atom is -0.359 e. The van der Waals surface area contributed by atoms with Crippen molar-refractivity contribution in [3.05, 3.63) is 41.2 Å². The first-order valence-electron chi connectivity index (χ1n) is 15.5. The van der Waals surface area contributed by atoms with Crippen molar-refractivity contribution in [2.24, 2.45) is 23.7 Å². The molecule has 8 nitrogen and oxygen atoms in total. The number of anilines is 1. The zero-order valence-electron chi connectivity index (χ0n) is 25.1. The lowest BCUT2D eigenvalue weighted by atomic mass is 9.73. The molecule has 3 amide bonds. The molecule has 1 aromatic carbocycles. The zero-order chi connectivity index (χ0) is 30.2. The van der Waals surface area contributed by atoms with Crippen LogP contribution in [0.2, 0.25) is 5.02 Å². The Morgan fingerprint density at radius 2 is 1.95 bits per heavy atom. The highest BCUT2D eigenvalue weighted by atomic mass is 35.5. The summed E-state index contributed by atoms with van der Waals surface area (Å²) in [5, 5.41) is 5.99. The summed E-state index contributed by atoms with van der Waals surface area (Å²) in [6.45, 7) is 8.72. The summed E-state index contributed by atoms with van der Waals surface area (Å²) in [4.78, 5) is 45.9. The van der Waals surface area contributed by atoms with Crippen LogP contribution in [0.4, 0.5) is 10.1 Å². The molecule has 8 atom stereocenters. The Morgan fingerprint density at radius 3 is 2.69 bits per heavy atom. The molecule has 1 aromatic rings. The Hall–Kier alpha value is -2.49. The number of rotatable bonds is 11. The van der Waals surface area contributed by atoms with E-state index in [9.17, 15) is 18.8 Å². The molecule has 3 heterocycles. The minimum absolute atomic E-state index is 0.0266. The minimum atomic E-state index is -1.22. The van der Waals surface area contributed by atoms with Crippen LogP contribution in [-0.2, 0) is 19.1 Å². The fraction of sp³-hybridized carbons (Fsp3) is 0.656. The van der Waals surface area contributed by atoms with E-state index in [1.807, 2.05) is 6.08 Å². The van der Waals surface area contributed by atoms with E-state index in [0.717, 1.165) is 45.2 Å². The normalized spacial score (nSPS) is 33.4. The van der Waals surface area contributed by atoms with Gasteiger partial charge in [-0.3, -0.25) is 14.4 Å². The standard InChI is InChI=1S/C32H44ClFN4O4/c1-5-6-15-37(4)16-8-17-38-28(30(40)36-24-10-7-9-19(2)20(24)3)32-14-13-25(42-32)26(27(32)31(38)41)29(39)35-21-11-12-23(34)22(33)18-21/h11-14,18-20,24-28H,5-10,15-17H2,1-4H3,(H,35,39)(H,36,40)/t19?,20?,24?,25-,26?,27-,28?,32?/m0/s1. The summed E-state index contributed by atoms with van der Waals surface area (Å²) in [6.07, 6.45) is 9.01. The van der Waals surface area contributed by atoms with Crippen molar-refractivity contribution in [1.29, 1.82) is 0 Å². The van der Waals surface area contributed by atoms with Gasteiger partial charge in [-0.1, -0.05) is 63.8 Å². The van der Waals surface area contributed by atoms with E-state index in [1.54, 1.807) is 11.0 Å². The van der Waals surface area contributed by atoms with Crippen LogP contribution in [0.3, 0.4) is 0 Å². The maximum atomic E-state index is 14.2. The maximum absolute atomic E-state index is 14.2. The van der Waals surface area contributed by atoms with Gasteiger partial charge in [-0.05, 0) is 69.4 Å². The summed E-state index contributed by atoms with van der Waals surface area (Å²) < 4.78 is 20.2. The van der Waals surface area contributed by atoms with E-state index in [1.165, 1.54) is 18.2 Å². The van der Waals surface area contributed by atoms with Gasteiger partial charge in [0, 0.05) is 18.3 Å². The molecule has 42 heavy (non-hydrogen) atoms. The molecule has 230 valence electrons. The topological polar surface area (TPSA) is 91.0 Å². The third kappa shape index (κ3) is 5.72. The average Bonchev–Trinajstić information content (AvgIpc) is 3.59. The van der Waals surface area contributed by atoms with Gasteiger partial charge >= 0.3 is 0 Å². The van der Waals surface area contributed by atoms with Crippen molar-refractivity contribution in [3.8, 4) is 0 Å². The molecule has 0 radical (unpaired) electrons. The number of ether oxygens (including phenoxy) is 1. The van der Waals surface area contributed by atoms with Crippen LogP contribution in [0.1, 0.15) is 59.3 Å². The Morgan fingerprint density at radius 1 is 1.19 bits per heavy atom. The summed E-state index contributed by atoms with van der Waals surface area (Å²) in [6, 6.07) is 3.12. The monoisotopic (exact) mass is 602 g/mol. The molecule has 2 bridgehead atoms. The SMILES string of the molecule is CCCCN(C)CCCN1C(=O)[C@@H]2C(C(=O)Nc3ccc(F)c(Cl)c3)[C@@H]3C=CC2(O3)C1C(=O)NC1CCCC(C)C1C. The van der Waals surface area contributed by atoms with Gasteiger partial charge in [0.25, 0.3) is 0 Å². The first-order valence-corrected chi connectivity index (χ1v) is 15.9. The number of halogens is 2. The molecule has 1 spiro atoms. The molecular formula is C32H44ClFN4O4. The molecule has 3 aliphatic heterocycles. The smallest absolute Gasteiger partial charge is 0.246 e. The van der Waals surface area contributed by atoms with Crippen LogP contribution in [0.5, 0.6) is 0 Å². The molecule has 2 N–H and O–H groups in total. The number of amides is 3. The van der Waals surface area contributed by atoms with Gasteiger partial charge in [0.2, 0.25) is 17.7 Å². The first kappa shape index (κ1) is 31.0. The predicted octanol–water partition coefficient (Wildman–Crippen LogP) is 4.63. The van der Waals surface area contributed by atoms with Crippen molar-refractivity contribution in [1.82, 2.24) is 15.1 Å². The van der Waals surface area contributed by atoms with Gasteiger partial charge in [-0.2, -0.15) is 0 Å². The molecular weight excluding hydrogens is 559 g/mol. The van der Waals surface area contributed by atoms with Crippen LogP contribution in [0.25, 0.3) is 0 Å². The second-order valence-electron chi connectivity index (χ2n) is 12.7. The quantitative estimate of drug-likeness (QED) is 0.361. The highest BCUT2D eigenvalue weighted by Crippen LogP contribution is 2.55. The Labute approximate surface area is 253 Å². The van der Waals surface area contributed by atoms with E-state index in [4.69, 9.17) is 16.3 Å². The molecule has 10 heteroatoms. The van der Waals surface area contributed by atoms with Crippen LogP contribution >= 0.6 is 11.6 Å². The summed E-state index contributed by atoms with van der Waals surface area (Å²) in [5.41, 5.74) is -0.884. The number of hydrogen-bond donors (Lipinski definition) is 2. The number of carbonyl (C=O) groups excluding carboxylic acids is 3. The zero-order valence-corrected chi connectivity index (χ0v) is 25.8. The van der Waals surface area contributed by atoms with Gasteiger partial charge in [-0.15, -0.1) is 0 Å². The fourth-order valence-corrected chi connectivity index (χ4v) is 7.59. The lowest BCUT2D eigenvalue weighted by molar-refractivity contribution is -0.141. The van der Waals surface area contributed by atoms with Gasteiger partial charge in [0.1, 0.15) is 17.5 Å². The largest absolute Gasteiger partial charge is 0.359 e. The average molecular weight is 603 g/mol. The highest BCUT2D eigenvalue weighted by molar-refractivity contribution is 6.31.